The van der Waals surface area contributed by atoms with E-state index >= 15 is 0 Å². The largest absolute Gasteiger partial charge is 0.421 e. The summed E-state index contributed by atoms with van der Waals surface area (Å²) in [6.45, 7) is 1.59. The van der Waals surface area contributed by atoms with Gasteiger partial charge in [-0.25, -0.2) is 4.79 Å². The highest BCUT2D eigenvalue weighted by atomic mass is 16.5. The molecule has 0 saturated carbocycles. The van der Waals surface area contributed by atoms with Crippen LogP contribution < -0.4 is 10.3 Å². The summed E-state index contributed by atoms with van der Waals surface area (Å²) in [4.78, 5) is 27.6. The fourth-order valence-electron chi connectivity index (χ4n) is 2.52. The number of hydrogen-bond acceptors (Lipinski definition) is 4. The van der Waals surface area contributed by atoms with Crippen LogP contribution in [0.4, 0.5) is 0 Å². The Labute approximate surface area is 144 Å². The van der Waals surface area contributed by atoms with E-state index in [1.165, 1.54) is 0 Å². The first-order valence-corrected chi connectivity index (χ1v) is 7.61. The summed E-state index contributed by atoms with van der Waals surface area (Å²) in [5.41, 5.74) is 1.12. The lowest BCUT2D eigenvalue weighted by atomic mass is 10.0. The van der Waals surface area contributed by atoms with Crippen LogP contribution in [-0.2, 0) is 0 Å². The molecule has 2 aromatic carbocycles. The molecular weight excluding hydrogens is 316 g/mol. The van der Waals surface area contributed by atoms with Gasteiger partial charge in [0.15, 0.2) is 5.75 Å². The van der Waals surface area contributed by atoms with E-state index in [2.05, 4.69) is 4.98 Å². The molecule has 5 heteroatoms. The minimum absolute atomic E-state index is 0.0243. The number of hydrogen-bond donors (Lipinski definition) is 1. The Hall–Kier alpha value is -3.65. The highest BCUT2D eigenvalue weighted by Crippen LogP contribution is 2.31. The number of H-pyrrole nitrogens is 1. The average molecular weight is 330 g/mol. The number of pyridine rings is 1. The predicted octanol–water partition coefficient (Wildman–Crippen LogP) is 3.44. The van der Waals surface area contributed by atoms with Gasteiger partial charge in [-0.05, 0) is 24.6 Å². The molecule has 5 nitrogen and oxygen atoms in total. The summed E-state index contributed by atoms with van der Waals surface area (Å²) in [5.74, 6) is -0.650. The Kier molecular flexibility index (Phi) is 4.44. The van der Waals surface area contributed by atoms with E-state index < -0.39 is 11.5 Å². The lowest BCUT2D eigenvalue weighted by Crippen LogP contribution is -2.18. The smallest absolute Gasteiger partial charge is 0.343 e. The van der Waals surface area contributed by atoms with Gasteiger partial charge < -0.3 is 9.72 Å². The first kappa shape index (κ1) is 16.2. The van der Waals surface area contributed by atoms with Crippen molar-refractivity contribution in [1.29, 1.82) is 5.26 Å². The first-order valence-electron chi connectivity index (χ1n) is 7.61. The number of aromatic nitrogens is 1. The number of carbonyl (C=O) groups excluding carboxylic acids is 1. The minimum Gasteiger partial charge on any atom is -0.421 e. The second-order valence-corrected chi connectivity index (χ2v) is 5.39. The third-order valence-corrected chi connectivity index (χ3v) is 3.74. The molecule has 0 unspecified atom stereocenters. The Morgan fingerprint density at radius 2 is 1.64 bits per heavy atom. The van der Waals surface area contributed by atoms with Crippen LogP contribution in [-0.4, -0.2) is 11.0 Å². The molecule has 3 aromatic rings. The van der Waals surface area contributed by atoms with Gasteiger partial charge in [0.2, 0.25) is 0 Å². The van der Waals surface area contributed by atoms with Crippen LogP contribution in [0.15, 0.2) is 65.5 Å². The third-order valence-electron chi connectivity index (χ3n) is 3.74. The summed E-state index contributed by atoms with van der Waals surface area (Å²) in [6.07, 6.45) is 0. The van der Waals surface area contributed by atoms with Gasteiger partial charge in [-0.1, -0.05) is 48.5 Å². The topological polar surface area (TPSA) is 83.0 Å². The molecule has 25 heavy (non-hydrogen) atoms. The summed E-state index contributed by atoms with van der Waals surface area (Å²) in [5, 5.41) is 9.48. The van der Waals surface area contributed by atoms with E-state index in [9.17, 15) is 14.9 Å². The van der Waals surface area contributed by atoms with Crippen molar-refractivity contribution in [2.24, 2.45) is 0 Å². The number of nitrogens with one attached hydrogen (secondary N) is 1. The van der Waals surface area contributed by atoms with E-state index in [1.807, 2.05) is 12.1 Å². The zero-order valence-electron chi connectivity index (χ0n) is 13.4. The van der Waals surface area contributed by atoms with Gasteiger partial charge in [-0.2, -0.15) is 5.26 Å². The Bertz CT molecular complexity index is 1020. The van der Waals surface area contributed by atoms with Crippen LogP contribution in [0.5, 0.6) is 5.75 Å². The molecule has 1 aromatic heterocycles. The molecule has 122 valence electrons. The van der Waals surface area contributed by atoms with Gasteiger partial charge in [0.25, 0.3) is 5.56 Å². The van der Waals surface area contributed by atoms with E-state index in [0.29, 0.717) is 16.8 Å². The van der Waals surface area contributed by atoms with Crippen LogP contribution in [0.1, 0.15) is 21.6 Å². The number of aromatic amines is 1. The summed E-state index contributed by atoms with van der Waals surface area (Å²) < 4.78 is 5.49. The average Bonchev–Trinajstić information content (AvgIpc) is 2.63. The van der Waals surface area contributed by atoms with Crippen molar-refractivity contribution in [2.75, 3.05) is 0 Å². The molecule has 0 aliphatic heterocycles. The molecule has 3 rings (SSSR count). The second kappa shape index (κ2) is 6.85. The first-order chi connectivity index (χ1) is 12.1. The van der Waals surface area contributed by atoms with Crippen molar-refractivity contribution in [3.8, 4) is 22.9 Å². The lowest BCUT2D eigenvalue weighted by Gasteiger charge is -2.13. The number of ether oxygens (including phenoxy) is 1. The highest BCUT2D eigenvalue weighted by molar-refractivity contribution is 5.92. The molecule has 0 amide bonds. The monoisotopic (exact) mass is 330 g/mol. The molecule has 0 aliphatic carbocycles. The SMILES string of the molecule is Cc1[nH]c(=O)c(-c2ccccc2)c(OC(=O)c2ccccc2)c1C#N. The maximum absolute atomic E-state index is 12.5. The summed E-state index contributed by atoms with van der Waals surface area (Å²) in [6, 6.07) is 19.2. The van der Waals surface area contributed by atoms with Gasteiger partial charge in [-0.3, -0.25) is 4.79 Å². The molecule has 0 saturated heterocycles. The lowest BCUT2D eigenvalue weighted by molar-refractivity contribution is 0.0735. The summed E-state index contributed by atoms with van der Waals surface area (Å²) in [7, 11) is 0. The Morgan fingerprint density at radius 3 is 2.24 bits per heavy atom. The number of nitrogens with zero attached hydrogens (tertiary/aromatic N) is 1. The van der Waals surface area contributed by atoms with Crippen molar-refractivity contribution in [1.82, 2.24) is 4.98 Å². The number of rotatable bonds is 3. The van der Waals surface area contributed by atoms with Gasteiger partial charge >= 0.3 is 5.97 Å². The maximum atomic E-state index is 12.5. The normalized spacial score (nSPS) is 10.1. The Morgan fingerprint density at radius 1 is 1.04 bits per heavy atom. The third kappa shape index (κ3) is 3.19. The molecule has 0 bridgehead atoms. The maximum Gasteiger partial charge on any atom is 0.343 e. The van der Waals surface area contributed by atoms with E-state index in [-0.39, 0.29) is 16.9 Å². The zero-order chi connectivity index (χ0) is 17.8. The van der Waals surface area contributed by atoms with Gasteiger partial charge in [0, 0.05) is 5.69 Å². The molecule has 0 fully saturated rings. The highest BCUT2D eigenvalue weighted by Gasteiger charge is 2.22. The molecular formula is C20H14N2O3. The predicted molar refractivity (Wildman–Crippen MR) is 93.4 cm³/mol. The van der Waals surface area contributed by atoms with Crippen molar-refractivity contribution in [3.05, 3.63) is 87.8 Å². The van der Waals surface area contributed by atoms with Crippen LogP contribution >= 0.6 is 0 Å². The van der Waals surface area contributed by atoms with Crippen LogP contribution in [0.3, 0.4) is 0 Å². The van der Waals surface area contributed by atoms with Crippen LogP contribution in [0.25, 0.3) is 11.1 Å². The zero-order valence-corrected chi connectivity index (χ0v) is 13.4. The number of benzene rings is 2. The van der Waals surface area contributed by atoms with Crippen molar-refractivity contribution in [3.63, 3.8) is 0 Å². The summed E-state index contributed by atoms with van der Waals surface area (Å²) >= 11 is 0. The van der Waals surface area contributed by atoms with E-state index in [1.54, 1.807) is 61.5 Å². The van der Waals surface area contributed by atoms with Crippen LogP contribution in [0.2, 0.25) is 0 Å². The Balaban J connectivity index is 2.19. The molecule has 1 N–H and O–H groups in total. The number of carbonyl (C=O) groups is 1. The number of esters is 1. The number of aryl methyl sites for hydroxylation is 1. The molecule has 0 radical (unpaired) electrons. The van der Waals surface area contributed by atoms with Gasteiger partial charge in [-0.15, -0.1) is 0 Å². The van der Waals surface area contributed by atoms with Gasteiger partial charge in [0.1, 0.15) is 11.6 Å². The quantitative estimate of drug-likeness (QED) is 0.746. The van der Waals surface area contributed by atoms with Crippen molar-refractivity contribution in [2.45, 2.75) is 6.92 Å². The minimum atomic E-state index is -0.626. The van der Waals surface area contributed by atoms with E-state index in [0.717, 1.165) is 0 Å². The van der Waals surface area contributed by atoms with Crippen molar-refractivity contribution < 1.29 is 9.53 Å². The van der Waals surface area contributed by atoms with E-state index in [4.69, 9.17) is 4.74 Å². The van der Waals surface area contributed by atoms with Gasteiger partial charge in [0.05, 0.1) is 11.1 Å². The van der Waals surface area contributed by atoms with Crippen LogP contribution in [0, 0.1) is 18.3 Å². The standard InChI is InChI=1S/C20H14N2O3/c1-13-16(12-21)18(25-20(24)15-10-6-3-7-11-15)17(19(23)22-13)14-8-4-2-5-9-14/h2-11H,1H3,(H,22,23). The fourth-order valence-corrected chi connectivity index (χ4v) is 2.52. The molecule has 0 spiro atoms. The molecule has 0 aliphatic rings. The second-order valence-electron chi connectivity index (χ2n) is 5.39. The van der Waals surface area contributed by atoms with Crippen molar-refractivity contribution >= 4 is 5.97 Å². The molecule has 0 atom stereocenters. The number of nitriles is 1. The fraction of sp³-hybridized carbons (Fsp3) is 0.0500. The molecule has 1 heterocycles.